The van der Waals surface area contributed by atoms with Crippen molar-refractivity contribution in [3.8, 4) is 11.5 Å². The fraction of sp³-hybridized carbons (Fsp3) is 0.125. The molecule has 0 aliphatic rings. The van der Waals surface area contributed by atoms with Gasteiger partial charge in [-0.15, -0.1) is 4.83 Å². The molecule has 0 fully saturated rings. The second-order valence-corrected chi connectivity index (χ2v) is 6.27. The Bertz CT molecular complexity index is 789. The van der Waals surface area contributed by atoms with Crippen LogP contribution in [0.1, 0.15) is 5.56 Å². The Kier molecular flexibility index (Phi) is 5.25. The van der Waals surface area contributed by atoms with E-state index < -0.39 is 10.0 Å². The number of hydrogen-bond acceptors (Lipinski definition) is 5. The average molecular weight is 334 g/mol. The van der Waals surface area contributed by atoms with Crippen LogP contribution in [-0.4, -0.2) is 22.6 Å². The first-order valence-corrected chi connectivity index (χ1v) is 8.20. The summed E-state index contributed by atoms with van der Waals surface area (Å²) in [5, 5.41) is 0. The van der Waals surface area contributed by atoms with Crippen LogP contribution >= 0.6 is 0 Å². The minimum Gasteiger partial charge on any atom is -0.493 e. The molecule has 122 valence electrons. The lowest BCUT2D eigenvalue weighted by molar-refractivity contribution is 0.355. The van der Waals surface area contributed by atoms with E-state index in [1.165, 1.54) is 19.2 Å². The van der Waals surface area contributed by atoms with Crippen LogP contribution < -0.4 is 19.7 Å². The van der Waals surface area contributed by atoms with Crippen molar-refractivity contribution in [1.29, 1.82) is 0 Å². The van der Waals surface area contributed by atoms with E-state index in [0.717, 1.165) is 0 Å². The molecule has 0 saturated carbocycles. The smallest absolute Gasteiger partial charge is 0.257 e. The van der Waals surface area contributed by atoms with Gasteiger partial charge in [0.05, 0.1) is 19.1 Å². The molecule has 0 aliphatic heterocycles. The molecule has 23 heavy (non-hydrogen) atoms. The summed E-state index contributed by atoms with van der Waals surface area (Å²) in [4.78, 5) is 2.45. The van der Waals surface area contributed by atoms with Gasteiger partial charge in [-0.05, 0) is 30.3 Å². The summed E-state index contributed by atoms with van der Waals surface area (Å²) in [6, 6.07) is 13.2. The van der Waals surface area contributed by atoms with Gasteiger partial charge in [-0.1, -0.05) is 24.8 Å². The molecule has 0 heterocycles. The van der Waals surface area contributed by atoms with Crippen LogP contribution in [-0.2, 0) is 10.0 Å². The van der Waals surface area contributed by atoms with Gasteiger partial charge in [0, 0.05) is 11.3 Å². The number of hydrogen-bond donors (Lipinski definition) is 2. The lowest BCUT2D eigenvalue weighted by Crippen LogP contribution is -2.35. The van der Waals surface area contributed by atoms with E-state index in [0.29, 0.717) is 22.8 Å². The Labute approximate surface area is 135 Å². The zero-order valence-electron chi connectivity index (χ0n) is 12.9. The second kappa shape index (κ2) is 7.17. The third-order valence-electron chi connectivity index (χ3n) is 3.12. The molecule has 2 rings (SSSR count). The molecule has 0 aliphatic carbocycles. The molecule has 2 aromatic carbocycles. The zero-order chi connectivity index (χ0) is 16.9. The lowest BCUT2D eigenvalue weighted by atomic mass is 10.1. The minimum atomic E-state index is -3.67. The first kappa shape index (κ1) is 16.9. The van der Waals surface area contributed by atoms with Crippen LogP contribution in [0.4, 0.5) is 0 Å². The summed E-state index contributed by atoms with van der Waals surface area (Å²) in [5.41, 5.74) is 3.64. The van der Waals surface area contributed by atoms with Crippen molar-refractivity contribution in [2.24, 2.45) is 0 Å². The quantitative estimate of drug-likeness (QED) is 0.759. The Balaban J connectivity index is 2.11. The van der Waals surface area contributed by atoms with Crippen LogP contribution in [0, 0.1) is 0 Å². The van der Waals surface area contributed by atoms with E-state index >= 15 is 0 Å². The van der Waals surface area contributed by atoms with Crippen molar-refractivity contribution in [3.05, 3.63) is 60.7 Å². The average Bonchev–Trinajstić information content (AvgIpc) is 2.59. The van der Waals surface area contributed by atoms with Gasteiger partial charge in [-0.2, -0.15) is 0 Å². The van der Waals surface area contributed by atoms with Gasteiger partial charge in [-0.3, -0.25) is 0 Å². The molecular formula is C16H18N2O4S. The van der Waals surface area contributed by atoms with Crippen molar-refractivity contribution in [2.45, 2.75) is 4.90 Å². The van der Waals surface area contributed by atoms with Gasteiger partial charge in [0.25, 0.3) is 10.0 Å². The highest BCUT2D eigenvalue weighted by molar-refractivity contribution is 7.89. The van der Waals surface area contributed by atoms with Crippen LogP contribution in [0.15, 0.2) is 60.0 Å². The molecule has 2 N–H and O–H groups in total. The molecule has 0 aromatic heterocycles. The number of methoxy groups -OCH3 is 2. The van der Waals surface area contributed by atoms with E-state index in [9.17, 15) is 8.42 Å². The summed E-state index contributed by atoms with van der Waals surface area (Å²) in [5.74, 6) is 1.10. The van der Waals surface area contributed by atoms with Gasteiger partial charge < -0.3 is 14.9 Å². The molecule has 0 atom stereocenters. The number of hydrazine groups is 1. The fourth-order valence-electron chi connectivity index (χ4n) is 1.88. The van der Waals surface area contributed by atoms with Crippen molar-refractivity contribution < 1.29 is 17.9 Å². The monoisotopic (exact) mass is 334 g/mol. The Morgan fingerprint density at radius 2 is 1.65 bits per heavy atom. The topological polar surface area (TPSA) is 76.7 Å². The van der Waals surface area contributed by atoms with E-state index in [1.807, 2.05) is 0 Å². The molecule has 0 saturated heterocycles. The Hall–Kier alpha value is -2.51. The van der Waals surface area contributed by atoms with Gasteiger partial charge in [0.2, 0.25) is 0 Å². The first-order valence-electron chi connectivity index (χ1n) is 6.72. The highest BCUT2D eigenvalue weighted by atomic mass is 32.2. The van der Waals surface area contributed by atoms with E-state index in [4.69, 9.17) is 9.47 Å². The lowest BCUT2D eigenvalue weighted by Gasteiger charge is -2.14. The summed E-state index contributed by atoms with van der Waals surface area (Å²) in [6.07, 6.45) is 0. The van der Waals surface area contributed by atoms with Crippen molar-refractivity contribution in [1.82, 2.24) is 10.3 Å². The normalized spacial score (nSPS) is 10.9. The standard InChI is InChI=1S/C16H18N2O4S/c1-12(13-9-10-15(21-2)16(11-13)22-3)17-18-23(19,20)14-7-5-4-6-8-14/h4-11,17-18H,1H2,2-3H3. The van der Waals surface area contributed by atoms with Gasteiger partial charge in [0.1, 0.15) is 0 Å². The summed E-state index contributed by atoms with van der Waals surface area (Å²) in [6.45, 7) is 3.82. The highest BCUT2D eigenvalue weighted by Gasteiger charge is 2.14. The van der Waals surface area contributed by atoms with Crippen molar-refractivity contribution in [3.63, 3.8) is 0 Å². The number of rotatable bonds is 7. The molecule has 0 bridgehead atoms. The van der Waals surface area contributed by atoms with Crippen LogP contribution in [0.3, 0.4) is 0 Å². The summed E-state index contributed by atoms with van der Waals surface area (Å²) in [7, 11) is -0.606. The van der Waals surface area contributed by atoms with Crippen molar-refractivity contribution in [2.75, 3.05) is 14.2 Å². The highest BCUT2D eigenvalue weighted by Crippen LogP contribution is 2.29. The third-order valence-corrected chi connectivity index (χ3v) is 4.39. The molecule has 2 aromatic rings. The maximum atomic E-state index is 12.1. The maximum Gasteiger partial charge on any atom is 0.257 e. The molecular weight excluding hydrogens is 316 g/mol. The number of sulfonamides is 1. The summed E-state index contributed by atoms with van der Waals surface area (Å²) < 4.78 is 34.6. The molecule has 0 amide bonds. The van der Waals surface area contributed by atoms with Gasteiger partial charge in [-0.25, -0.2) is 8.42 Å². The van der Waals surface area contributed by atoms with Gasteiger partial charge in [0.15, 0.2) is 11.5 Å². The predicted molar refractivity (Wildman–Crippen MR) is 88.5 cm³/mol. The molecule has 0 radical (unpaired) electrons. The van der Waals surface area contributed by atoms with Crippen LogP contribution in [0.2, 0.25) is 0 Å². The van der Waals surface area contributed by atoms with Crippen molar-refractivity contribution >= 4 is 15.7 Å². The minimum absolute atomic E-state index is 0.160. The molecule has 0 spiro atoms. The van der Waals surface area contributed by atoms with E-state index in [2.05, 4.69) is 16.8 Å². The van der Waals surface area contributed by atoms with Gasteiger partial charge >= 0.3 is 0 Å². The van der Waals surface area contributed by atoms with Crippen LogP contribution in [0.25, 0.3) is 5.70 Å². The SMILES string of the molecule is C=C(NNS(=O)(=O)c1ccccc1)c1ccc(OC)c(OC)c1. The second-order valence-electron chi connectivity index (χ2n) is 4.59. The molecule has 0 unspecified atom stereocenters. The predicted octanol–water partition coefficient (Wildman–Crippen LogP) is 2.16. The largest absolute Gasteiger partial charge is 0.493 e. The number of benzene rings is 2. The first-order chi connectivity index (χ1) is 11.0. The zero-order valence-corrected chi connectivity index (χ0v) is 13.7. The maximum absolute atomic E-state index is 12.1. The molecule has 7 heteroatoms. The summed E-state index contributed by atoms with van der Waals surface area (Å²) >= 11 is 0. The third kappa shape index (κ3) is 4.02. The molecule has 6 nitrogen and oxygen atoms in total. The Morgan fingerprint density at radius 3 is 2.26 bits per heavy atom. The van der Waals surface area contributed by atoms with E-state index in [1.54, 1.807) is 43.5 Å². The fourth-order valence-corrected chi connectivity index (χ4v) is 2.77. The Morgan fingerprint density at radius 1 is 1.00 bits per heavy atom. The number of nitrogens with one attached hydrogen (secondary N) is 2. The van der Waals surface area contributed by atoms with Crippen LogP contribution in [0.5, 0.6) is 11.5 Å². The number of ether oxygens (including phenoxy) is 2. The van der Waals surface area contributed by atoms with E-state index in [-0.39, 0.29) is 4.90 Å².